The highest BCUT2D eigenvalue weighted by Crippen LogP contribution is 2.25. The number of carbonyl (C=O) groups is 1. The van der Waals surface area contributed by atoms with Gasteiger partial charge in [0.25, 0.3) is 0 Å². The van der Waals surface area contributed by atoms with Gasteiger partial charge < -0.3 is 4.74 Å². The molecule has 0 saturated carbocycles. The van der Waals surface area contributed by atoms with Gasteiger partial charge >= 0.3 is 5.97 Å². The Hall–Kier alpha value is -0.830. The number of hydrogen-bond donors (Lipinski definition) is 0. The summed E-state index contributed by atoms with van der Waals surface area (Å²) in [5.74, 6) is -0.197. The van der Waals surface area contributed by atoms with E-state index in [0.717, 1.165) is 25.9 Å². The lowest BCUT2D eigenvalue weighted by atomic mass is 10.00. The molecule has 0 aromatic rings. The third kappa shape index (κ3) is 2.85. The zero-order valence-electron chi connectivity index (χ0n) is 10.9. The molecule has 1 heterocycles. The fraction of sp³-hybridized carbons (Fsp3) is 0.769. The summed E-state index contributed by atoms with van der Waals surface area (Å²) in [6, 6.07) is 0. The van der Waals surface area contributed by atoms with Crippen LogP contribution < -0.4 is 0 Å². The zero-order valence-corrected chi connectivity index (χ0v) is 10.9. The van der Waals surface area contributed by atoms with Crippen molar-refractivity contribution in [3.63, 3.8) is 0 Å². The summed E-state index contributed by atoms with van der Waals surface area (Å²) >= 11 is 0. The Morgan fingerprint density at radius 1 is 1.25 bits per heavy atom. The van der Waals surface area contributed by atoms with Crippen molar-refractivity contribution in [2.45, 2.75) is 51.7 Å². The minimum Gasteiger partial charge on any atom is -0.458 e. The van der Waals surface area contributed by atoms with E-state index in [2.05, 4.69) is 11.5 Å². The molecule has 0 unspecified atom stereocenters. The van der Waals surface area contributed by atoms with Gasteiger partial charge in [-0.25, -0.2) is 4.79 Å². The molecule has 1 fully saturated rings. The molecule has 3 heteroatoms. The van der Waals surface area contributed by atoms with E-state index in [1.54, 1.807) is 6.08 Å². The van der Waals surface area contributed by atoms with Crippen molar-refractivity contribution in [1.29, 1.82) is 0 Å². The standard InChI is InChI=1S/C13H23NO2/c1-6-13(5,14-9-7-8-10-14)11(15)16-12(2,3)4/h6H,1,7-10H2,2-5H3/t13-/m0/s1. The number of rotatable bonds is 3. The first kappa shape index (κ1) is 13.2. The van der Waals surface area contributed by atoms with E-state index in [4.69, 9.17) is 4.74 Å². The smallest absolute Gasteiger partial charge is 0.330 e. The fourth-order valence-corrected chi connectivity index (χ4v) is 1.90. The van der Waals surface area contributed by atoms with Crippen LogP contribution in [0.25, 0.3) is 0 Å². The topological polar surface area (TPSA) is 29.5 Å². The van der Waals surface area contributed by atoms with Gasteiger partial charge in [0, 0.05) is 0 Å². The van der Waals surface area contributed by atoms with Crippen LogP contribution in [0.15, 0.2) is 12.7 Å². The monoisotopic (exact) mass is 225 g/mol. The SMILES string of the molecule is C=C[C@@](C)(C(=O)OC(C)(C)C)N1CCCC1. The second-order valence-corrected chi connectivity index (χ2v) is 5.55. The van der Waals surface area contributed by atoms with Gasteiger partial charge in [-0.05, 0) is 53.6 Å². The largest absolute Gasteiger partial charge is 0.458 e. The molecular formula is C13H23NO2. The quantitative estimate of drug-likeness (QED) is 0.545. The average molecular weight is 225 g/mol. The van der Waals surface area contributed by atoms with E-state index in [-0.39, 0.29) is 5.97 Å². The zero-order chi connectivity index (χ0) is 12.4. The van der Waals surface area contributed by atoms with Gasteiger partial charge in [-0.1, -0.05) is 6.08 Å². The van der Waals surface area contributed by atoms with E-state index in [1.165, 1.54) is 0 Å². The minimum absolute atomic E-state index is 0.197. The van der Waals surface area contributed by atoms with Gasteiger partial charge in [-0.2, -0.15) is 0 Å². The van der Waals surface area contributed by atoms with Crippen LogP contribution in [-0.2, 0) is 9.53 Å². The molecule has 92 valence electrons. The Kier molecular flexibility index (Phi) is 3.79. The molecule has 0 aromatic carbocycles. The van der Waals surface area contributed by atoms with Crippen LogP contribution in [0.5, 0.6) is 0 Å². The van der Waals surface area contributed by atoms with Crippen molar-refractivity contribution >= 4 is 5.97 Å². The second kappa shape index (κ2) is 4.58. The van der Waals surface area contributed by atoms with Crippen molar-refractivity contribution in [3.05, 3.63) is 12.7 Å². The third-order valence-corrected chi connectivity index (χ3v) is 2.97. The fourth-order valence-electron chi connectivity index (χ4n) is 1.90. The number of esters is 1. The van der Waals surface area contributed by atoms with Gasteiger partial charge in [0.1, 0.15) is 11.1 Å². The molecule has 0 aromatic heterocycles. The molecule has 1 aliphatic heterocycles. The number of ether oxygens (including phenoxy) is 1. The number of nitrogens with zero attached hydrogens (tertiary/aromatic N) is 1. The van der Waals surface area contributed by atoms with Crippen molar-refractivity contribution in [2.75, 3.05) is 13.1 Å². The van der Waals surface area contributed by atoms with E-state index < -0.39 is 11.1 Å². The summed E-state index contributed by atoms with van der Waals surface area (Å²) in [6.07, 6.45) is 3.99. The van der Waals surface area contributed by atoms with Crippen LogP contribution in [0.2, 0.25) is 0 Å². The first-order valence-corrected chi connectivity index (χ1v) is 5.92. The van der Waals surface area contributed by atoms with Gasteiger partial charge in [0.2, 0.25) is 0 Å². The molecule has 0 radical (unpaired) electrons. The van der Waals surface area contributed by atoms with Crippen LogP contribution >= 0.6 is 0 Å². The Morgan fingerprint density at radius 3 is 2.12 bits per heavy atom. The highest BCUT2D eigenvalue weighted by atomic mass is 16.6. The first-order chi connectivity index (χ1) is 7.29. The maximum absolute atomic E-state index is 12.2. The third-order valence-electron chi connectivity index (χ3n) is 2.97. The number of carbonyl (C=O) groups excluding carboxylic acids is 1. The lowest BCUT2D eigenvalue weighted by molar-refractivity contribution is -0.165. The molecule has 1 aliphatic rings. The Balaban J connectivity index is 2.78. The summed E-state index contributed by atoms with van der Waals surface area (Å²) in [4.78, 5) is 14.3. The molecule has 0 bridgehead atoms. The van der Waals surface area contributed by atoms with E-state index in [0.29, 0.717) is 0 Å². The predicted molar refractivity (Wildman–Crippen MR) is 65.3 cm³/mol. The number of likely N-dealkylation sites (tertiary alicyclic amines) is 1. The van der Waals surface area contributed by atoms with Crippen molar-refractivity contribution in [3.8, 4) is 0 Å². The average Bonchev–Trinajstić information content (AvgIpc) is 2.66. The summed E-state index contributed by atoms with van der Waals surface area (Å²) < 4.78 is 5.45. The van der Waals surface area contributed by atoms with Gasteiger partial charge in [0.15, 0.2) is 0 Å². The van der Waals surface area contributed by atoms with Crippen LogP contribution in [0.3, 0.4) is 0 Å². The number of hydrogen-bond acceptors (Lipinski definition) is 3. The molecule has 0 amide bonds. The Labute approximate surface area is 98.5 Å². The summed E-state index contributed by atoms with van der Waals surface area (Å²) in [7, 11) is 0. The van der Waals surface area contributed by atoms with E-state index >= 15 is 0 Å². The van der Waals surface area contributed by atoms with Crippen molar-refractivity contribution < 1.29 is 9.53 Å². The predicted octanol–water partition coefficient (Wildman–Crippen LogP) is 2.37. The molecule has 1 atom stereocenters. The summed E-state index contributed by atoms with van der Waals surface area (Å²) in [5.41, 5.74) is -1.12. The summed E-state index contributed by atoms with van der Waals surface area (Å²) in [6.45, 7) is 13.2. The Morgan fingerprint density at radius 2 is 1.75 bits per heavy atom. The minimum atomic E-state index is -0.677. The molecular weight excluding hydrogens is 202 g/mol. The lowest BCUT2D eigenvalue weighted by Gasteiger charge is -2.36. The molecule has 0 N–H and O–H groups in total. The van der Waals surface area contributed by atoms with E-state index in [9.17, 15) is 4.79 Å². The first-order valence-electron chi connectivity index (χ1n) is 5.92. The molecule has 3 nitrogen and oxygen atoms in total. The van der Waals surface area contributed by atoms with Crippen LogP contribution in [-0.4, -0.2) is 35.1 Å². The van der Waals surface area contributed by atoms with Gasteiger partial charge in [-0.3, -0.25) is 4.90 Å². The lowest BCUT2D eigenvalue weighted by Crippen LogP contribution is -2.52. The highest BCUT2D eigenvalue weighted by molar-refractivity contribution is 5.83. The van der Waals surface area contributed by atoms with Crippen LogP contribution in [0, 0.1) is 0 Å². The Bertz CT molecular complexity index is 274. The van der Waals surface area contributed by atoms with Gasteiger partial charge in [-0.15, -0.1) is 6.58 Å². The van der Waals surface area contributed by atoms with Crippen LogP contribution in [0.4, 0.5) is 0 Å². The van der Waals surface area contributed by atoms with E-state index in [1.807, 2.05) is 27.7 Å². The molecule has 0 spiro atoms. The molecule has 0 aliphatic carbocycles. The molecule has 16 heavy (non-hydrogen) atoms. The molecule has 1 rings (SSSR count). The van der Waals surface area contributed by atoms with Gasteiger partial charge in [0.05, 0.1) is 0 Å². The van der Waals surface area contributed by atoms with Crippen LogP contribution in [0.1, 0.15) is 40.5 Å². The summed E-state index contributed by atoms with van der Waals surface area (Å²) in [5, 5.41) is 0. The molecule has 1 saturated heterocycles. The normalized spacial score (nSPS) is 21.5. The van der Waals surface area contributed by atoms with Crippen molar-refractivity contribution in [1.82, 2.24) is 4.90 Å². The maximum Gasteiger partial charge on any atom is 0.330 e. The second-order valence-electron chi connectivity index (χ2n) is 5.55. The maximum atomic E-state index is 12.2. The highest BCUT2D eigenvalue weighted by Gasteiger charge is 2.40. The van der Waals surface area contributed by atoms with Crippen molar-refractivity contribution in [2.24, 2.45) is 0 Å².